The van der Waals surface area contributed by atoms with E-state index in [1.165, 1.54) is 0 Å². The quantitative estimate of drug-likeness (QED) is 0.161. The van der Waals surface area contributed by atoms with Crippen molar-refractivity contribution in [2.45, 2.75) is 32.2 Å². The number of ether oxygens (including phenoxy) is 2. The van der Waals surface area contributed by atoms with Gasteiger partial charge in [0.05, 0.1) is 0 Å². The van der Waals surface area contributed by atoms with Gasteiger partial charge in [0, 0.05) is 13.1 Å². The summed E-state index contributed by atoms with van der Waals surface area (Å²) in [5.74, 6) is -0.930. The number of halogens is 3. The van der Waals surface area contributed by atoms with Crippen LogP contribution in [0.25, 0.3) is 0 Å². The maximum atomic E-state index is 10.6. The van der Waals surface area contributed by atoms with Crippen molar-refractivity contribution < 1.29 is 32.5 Å². The molecule has 0 aliphatic heterocycles. The first-order valence-corrected chi connectivity index (χ1v) is 12.3. The molecule has 0 atom stereocenters. The molecule has 9 N–H and O–H groups in total. The highest BCUT2D eigenvalue weighted by molar-refractivity contribution is 5.76. The van der Waals surface area contributed by atoms with E-state index in [0.29, 0.717) is 26.3 Å². The Morgan fingerprint density at radius 1 is 0.683 bits per heavy atom. The molecular formula is C28H33F3N6O4. The van der Waals surface area contributed by atoms with E-state index in [9.17, 15) is 13.2 Å². The Bertz CT molecular complexity index is 1200. The lowest BCUT2D eigenvalue weighted by Gasteiger charge is -2.13. The highest BCUT2D eigenvalue weighted by Gasteiger charge is 2.38. The van der Waals surface area contributed by atoms with Gasteiger partial charge in [-0.15, -0.1) is 0 Å². The molecule has 0 saturated heterocycles. The lowest BCUT2D eigenvalue weighted by atomic mass is 10.1. The van der Waals surface area contributed by atoms with Gasteiger partial charge in [-0.3, -0.25) is 9.98 Å². The van der Waals surface area contributed by atoms with Gasteiger partial charge in [0.1, 0.15) is 24.7 Å². The van der Waals surface area contributed by atoms with Gasteiger partial charge in [-0.25, -0.2) is 4.79 Å². The van der Waals surface area contributed by atoms with Crippen LogP contribution in [0.1, 0.15) is 22.3 Å². The van der Waals surface area contributed by atoms with Crippen molar-refractivity contribution in [2.75, 3.05) is 13.1 Å². The van der Waals surface area contributed by atoms with Gasteiger partial charge in [-0.05, 0) is 59.4 Å². The summed E-state index contributed by atoms with van der Waals surface area (Å²) in [6, 6.07) is 24.0. The fourth-order valence-corrected chi connectivity index (χ4v) is 3.29. The van der Waals surface area contributed by atoms with Crippen molar-refractivity contribution in [3.8, 4) is 11.5 Å². The van der Waals surface area contributed by atoms with E-state index in [2.05, 4.69) is 22.1 Å². The number of aliphatic imine (C=N–C) groups is 2. The molecule has 0 bridgehead atoms. The van der Waals surface area contributed by atoms with Crippen molar-refractivity contribution in [1.82, 2.24) is 0 Å². The van der Waals surface area contributed by atoms with Crippen molar-refractivity contribution in [2.24, 2.45) is 32.9 Å². The van der Waals surface area contributed by atoms with Gasteiger partial charge in [0.25, 0.3) is 0 Å². The second-order valence-corrected chi connectivity index (χ2v) is 8.55. The van der Waals surface area contributed by atoms with Crippen LogP contribution in [0.2, 0.25) is 0 Å². The molecule has 3 rings (SSSR count). The number of rotatable bonds is 12. The Hall–Kier alpha value is -4.94. The molecular weight excluding hydrogens is 541 g/mol. The summed E-state index contributed by atoms with van der Waals surface area (Å²) in [6.45, 7) is 2.04. The molecule has 0 aromatic heterocycles. The van der Waals surface area contributed by atoms with E-state index < -0.39 is 12.1 Å². The molecule has 0 radical (unpaired) electrons. The zero-order valence-electron chi connectivity index (χ0n) is 22.2. The lowest BCUT2D eigenvalue weighted by Crippen LogP contribution is -2.23. The SMILES string of the molecule is NC(N)=NCCc1ccc(OCc2ccccc2COc2ccc(CCN=C(N)N)cc2)cc1.O=C(O)C(F)(F)F. The molecule has 3 aromatic carbocycles. The van der Waals surface area contributed by atoms with E-state index in [4.69, 9.17) is 42.3 Å². The number of carbonyl (C=O) groups is 1. The average molecular weight is 575 g/mol. The largest absolute Gasteiger partial charge is 0.490 e. The van der Waals surface area contributed by atoms with Crippen molar-refractivity contribution in [1.29, 1.82) is 0 Å². The molecule has 13 heteroatoms. The molecule has 0 saturated carbocycles. The molecule has 41 heavy (non-hydrogen) atoms. The zero-order chi connectivity index (χ0) is 30.3. The minimum atomic E-state index is -5.08. The van der Waals surface area contributed by atoms with Crippen LogP contribution in [-0.4, -0.2) is 42.3 Å². The lowest BCUT2D eigenvalue weighted by molar-refractivity contribution is -0.192. The first kappa shape index (κ1) is 32.3. The number of nitrogens with zero attached hydrogens (tertiary/aromatic N) is 2. The maximum absolute atomic E-state index is 10.6. The summed E-state index contributed by atoms with van der Waals surface area (Å²) in [5.41, 5.74) is 25.9. The predicted molar refractivity (Wildman–Crippen MR) is 150 cm³/mol. The molecule has 0 aliphatic carbocycles. The Morgan fingerprint density at radius 3 is 1.32 bits per heavy atom. The van der Waals surface area contributed by atoms with Gasteiger partial charge in [0.2, 0.25) is 0 Å². The van der Waals surface area contributed by atoms with E-state index in [1.807, 2.05) is 60.7 Å². The Kier molecular flexibility index (Phi) is 12.8. The average Bonchev–Trinajstić information content (AvgIpc) is 2.92. The van der Waals surface area contributed by atoms with Crippen LogP contribution >= 0.6 is 0 Å². The van der Waals surface area contributed by atoms with E-state index in [1.54, 1.807) is 0 Å². The summed E-state index contributed by atoms with van der Waals surface area (Å²) < 4.78 is 43.7. The van der Waals surface area contributed by atoms with Crippen LogP contribution in [0, 0.1) is 0 Å². The van der Waals surface area contributed by atoms with E-state index >= 15 is 0 Å². The number of nitrogens with two attached hydrogens (primary N) is 4. The zero-order valence-corrected chi connectivity index (χ0v) is 22.2. The van der Waals surface area contributed by atoms with Crippen molar-refractivity contribution >= 4 is 17.9 Å². The van der Waals surface area contributed by atoms with Gasteiger partial charge in [-0.2, -0.15) is 13.2 Å². The molecule has 3 aromatic rings. The second kappa shape index (κ2) is 16.2. The minimum absolute atomic E-state index is 0.110. The van der Waals surface area contributed by atoms with Crippen LogP contribution in [-0.2, 0) is 30.8 Å². The third kappa shape index (κ3) is 13.1. The highest BCUT2D eigenvalue weighted by Crippen LogP contribution is 2.19. The second-order valence-electron chi connectivity index (χ2n) is 8.55. The number of aliphatic carboxylic acids is 1. The number of hydrogen-bond donors (Lipinski definition) is 5. The Balaban J connectivity index is 0.000000745. The Labute approximate surface area is 235 Å². The number of carboxylic acids is 1. The van der Waals surface area contributed by atoms with E-state index in [-0.39, 0.29) is 11.9 Å². The summed E-state index contributed by atoms with van der Waals surface area (Å²) in [5, 5.41) is 7.12. The molecule has 0 heterocycles. The summed E-state index contributed by atoms with van der Waals surface area (Å²) in [6.07, 6.45) is -3.54. The van der Waals surface area contributed by atoms with Crippen LogP contribution in [0.4, 0.5) is 13.2 Å². The van der Waals surface area contributed by atoms with Crippen molar-refractivity contribution in [3.05, 3.63) is 95.1 Å². The number of alkyl halides is 3. The monoisotopic (exact) mass is 574 g/mol. The molecule has 0 unspecified atom stereocenters. The molecule has 220 valence electrons. The van der Waals surface area contributed by atoms with Crippen molar-refractivity contribution in [3.63, 3.8) is 0 Å². The van der Waals surface area contributed by atoms with Gasteiger partial charge < -0.3 is 37.5 Å². The third-order valence-electron chi connectivity index (χ3n) is 5.39. The first-order valence-electron chi connectivity index (χ1n) is 12.3. The van der Waals surface area contributed by atoms with Gasteiger partial charge in [0.15, 0.2) is 11.9 Å². The molecule has 10 nitrogen and oxygen atoms in total. The maximum Gasteiger partial charge on any atom is 0.490 e. The van der Waals surface area contributed by atoms with Crippen LogP contribution in [0.5, 0.6) is 11.5 Å². The van der Waals surface area contributed by atoms with E-state index in [0.717, 1.165) is 46.6 Å². The number of carboxylic acid groups (broad SMARTS) is 1. The topological polar surface area (TPSA) is 185 Å². The fraction of sp³-hybridized carbons (Fsp3) is 0.250. The van der Waals surface area contributed by atoms with Crippen LogP contribution < -0.4 is 32.4 Å². The summed E-state index contributed by atoms with van der Waals surface area (Å²) in [7, 11) is 0. The Morgan fingerprint density at radius 2 is 1.02 bits per heavy atom. The summed E-state index contributed by atoms with van der Waals surface area (Å²) in [4.78, 5) is 16.9. The number of benzene rings is 3. The smallest absolute Gasteiger partial charge is 0.489 e. The molecule has 0 fully saturated rings. The summed E-state index contributed by atoms with van der Waals surface area (Å²) >= 11 is 0. The molecule has 0 amide bonds. The fourth-order valence-electron chi connectivity index (χ4n) is 3.29. The van der Waals surface area contributed by atoms with Gasteiger partial charge >= 0.3 is 12.1 Å². The number of hydrogen-bond acceptors (Lipinski definition) is 5. The predicted octanol–water partition coefficient (Wildman–Crippen LogP) is 3.11. The third-order valence-corrected chi connectivity index (χ3v) is 5.39. The van der Waals surface area contributed by atoms with Crippen LogP contribution in [0.3, 0.4) is 0 Å². The molecule has 0 spiro atoms. The van der Waals surface area contributed by atoms with Gasteiger partial charge in [-0.1, -0.05) is 48.5 Å². The number of guanidine groups is 2. The minimum Gasteiger partial charge on any atom is -0.489 e. The highest BCUT2D eigenvalue weighted by atomic mass is 19.4. The standard InChI is InChI=1S/C26H32N6O2.C2HF3O2/c27-25(28)31-15-13-19-5-9-23(10-6-19)33-17-21-3-1-2-4-22(21)18-34-24-11-7-20(8-12-24)14-16-32-26(29)30;3-2(4,5)1(6)7/h1-12H,13-18H2,(H4,27,28,31)(H4,29,30,32);(H,6,7). The van der Waals surface area contributed by atoms with Crippen LogP contribution in [0.15, 0.2) is 82.8 Å². The normalized spacial score (nSPS) is 10.5. The molecule has 0 aliphatic rings. The first-order chi connectivity index (χ1) is 19.4.